The van der Waals surface area contributed by atoms with E-state index in [0.717, 1.165) is 42.5 Å². The van der Waals surface area contributed by atoms with E-state index in [2.05, 4.69) is 16.0 Å². The van der Waals surface area contributed by atoms with Crippen molar-refractivity contribution in [2.45, 2.75) is 12.5 Å². The monoisotopic (exact) mass is 306 g/mol. The fraction of sp³-hybridized carbons (Fsp3) is 0.429. The molecule has 2 saturated heterocycles. The summed E-state index contributed by atoms with van der Waals surface area (Å²) >= 11 is 1.72. The molecule has 3 amide bonds. The number of nitrogens with zero attached hydrogens (tertiary/aromatic N) is 1. The third-order valence-electron chi connectivity index (χ3n) is 3.56. The SMILES string of the molecule is O=C(Nc1ccc(N2CCCNC2=O)cc1)C1CSCN1. The highest BCUT2D eigenvalue weighted by molar-refractivity contribution is 7.99. The summed E-state index contributed by atoms with van der Waals surface area (Å²) in [6, 6.07) is 7.19. The van der Waals surface area contributed by atoms with Gasteiger partial charge >= 0.3 is 6.03 Å². The summed E-state index contributed by atoms with van der Waals surface area (Å²) in [5.41, 5.74) is 1.60. The molecule has 0 bridgehead atoms. The first kappa shape index (κ1) is 14.2. The number of benzene rings is 1. The maximum absolute atomic E-state index is 12.0. The van der Waals surface area contributed by atoms with Gasteiger partial charge in [-0.3, -0.25) is 15.0 Å². The predicted molar refractivity (Wildman–Crippen MR) is 84.7 cm³/mol. The van der Waals surface area contributed by atoms with Gasteiger partial charge in [0.25, 0.3) is 0 Å². The van der Waals surface area contributed by atoms with E-state index in [1.807, 2.05) is 24.3 Å². The van der Waals surface area contributed by atoms with Gasteiger partial charge in [0.15, 0.2) is 0 Å². The Morgan fingerprint density at radius 3 is 2.81 bits per heavy atom. The van der Waals surface area contributed by atoms with E-state index in [1.165, 1.54) is 0 Å². The number of carbonyl (C=O) groups excluding carboxylic acids is 2. The number of hydrogen-bond donors (Lipinski definition) is 3. The fourth-order valence-corrected chi connectivity index (χ4v) is 3.34. The number of rotatable bonds is 3. The summed E-state index contributed by atoms with van der Waals surface area (Å²) in [7, 11) is 0. The zero-order valence-electron chi connectivity index (χ0n) is 11.6. The Kier molecular flexibility index (Phi) is 4.31. The van der Waals surface area contributed by atoms with Gasteiger partial charge < -0.3 is 10.6 Å². The average Bonchev–Trinajstić information content (AvgIpc) is 3.03. The van der Waals surface area contributed by atoms with Crippen LogP contribution in [0.15, 0.2) is 24.3 Å². The molecule has 7 heteroatoms. The van der Waals surface area contributed by atoms with Crippen molar-refractivity contribution < 1.29 is 9.59 Å². The Bertz CT molecular complexity index is 528. The molecular formula is C14H18N4O2S. The fourth-order valence-electron chi connectivity index (χ4n) is 2.39. The molecule has 0 radical (unpaired) electrons. The summed E-state index contributed by atoms with van der Waals surface area (Å²) in [4.78, 5) is 25.5. The van der Waals surface area contributed by atoms with Crippen LogP contribution < -0.4 is 20.9 Å². The van der Waals surface area contributed by atoms with Gasteiger partial charge in [0.2, 0.25) is 5.91 Å². The van der Waals surface area contributed by atoms with Gasteiger partial charge in [0, 0.05) is 36.1 Å². The number of carbonyl (C=O) groups is 2. The molecule has 3 N–H and O–H groups in total. The van der Waals surface area contributed by atoms with Crippen LogP contribution in [-0.4, -0.2) is 42.7 Å². The summed E-state index contributed by atoms with van der Waals surface area (Å²) < 4.78 is 0. The number of thioether (sulfide) groups is 1. The van der Waals surface area contributed by atoms with E-state index < -0.39 is 0 Å². The molecule has 3 rings (SSSR count). The zero-order valence-corrected chi connectivity index (χ0v) is 12.4. The maximum Gasteiger partial charge on any atom is 0.321 e. The minimum atomic E-state index is -0.123. The highest BCUT2D eigenvalue weighted by atomic mass is 32.2. The van der Waals surface area contributed by atoms with Crippen molar-refractivity contribution in [3.63, 3.8) is 0 Å². The van der Waals surface area contributed by atoms with Crippen LogP contribution in [0, 0.1) is 0 Å². The second-order valence-corrected chi connectivity index (χ2v) is 6.08. The highest BCUT2D eigenvalue weighted by Gasteiger charge is 2.23. The van der Waals surface area contributed by atoms with Crippen LogP contribution in [0.1, 0.15) is 6.42 Å². The number of urea groups is 1. The molecule has 2 fully saturated rings. The van der Waals surface area contributed by atoms with Gasteiger partial charge in [0.05, 0.1) is 6.04 Å². The van der Waals surface area contributed by atoms with Crippen LogP contribution in [0.4, 0.5) is 16.2 Å². The molecule has 1 aromatic carbocycles. The molecule has 1 aromatic rings. The minimum absolute atomic E-state index is 0.0107. The number of nitrogens with one attached hydrogen (secondary N) is 3. The van der Waals surface area contributed by atoms with Crippen molar-refractivity contribution in [1.82, 2.24) is 10.6 Å². The van der Waals surface area contributed by atoms with E-state index in [1.54, 1.807) is 16.7 Å². The molecule has 112 valence electrons. The lowest BCUT2D eigenvalue weighted by molar-refractivity contribution is -0.117. The smallest absolute Gasteiger partial charge is 0.321 e. The van der Waals surface area contributed by atoms with Gasteiger partial charge in [0.1, 0.15) is 0 Å². The summed E-state index contributed by atoms with van der Waals surface area (Å²) in [5, 5.41) is 8.85. The maximum atomic E-state index is 12.0. The molecule has 2 aliphatic heterocycles. The van der Waals surface area contributed by atoms with Crippen LogP contribution in [-0.2, 0) is 4.79 Å². The number of anilines is 2. The Morgan fingerprint density at radius 1 is 1.33 bits per heavy atom. The normalized spacial score (nSPS) is 22.0. The largest absolute Gasteiger partial charge is 0.338 e. The lowest BCUT2D eigenvalue weighted by Crippen LogP contribution is -2.46. The van der Waals surface area contributed by atoms with E-state index in [0.29, 0.717) is 0 Å². The number of amides is 3. The van der Waals surface area contributed by atoms with Gasteiger partial charge in [-0.05, 0) is 30.7 Å². The van der Waals surface area contributed by atoms with Crippen LogP contribution in [0.25, 0.3) is 0 Å². The van der Waals surface area contributed by atoms with Crippen molar-refractivity contribution in [2.24, 2.45) is 0 Å². The highest BCUT2D eigenvalue weighted by Crippen LogP contribution is 2.20. The topological polar surface area (TPSA) is 73.5 Å². The first-order chi connectivity index (χ1) is 10.2. The summed E-state index contributed by atoms with van der Waals surface area (Å²) in [5.74, 6) is 1.61. The van der Waals surface area contributed by atoms with Crippen LogP contribution in [0.3, 0.4) is 0 Å². The third-order valence-corrected chi connectivity index (χ3v) is 4.50. The second-order valence-electron chi connectivity index (χ2n) is 5.05. The van der Waals surface area contributed by atoms with E-state index in [-0.39, 0.29) is 18.0 Å². The first-order valence-corrected chi connectivity index (χ1v) is 8.17. The number of hydrogen-bond acceptors (Lipinski definition) is 4. The molecule has 2 aliphatic rings. The molecule has 0 aliphatic carbocycles. The van der Waals surface area contributed by atoms with E-state index >= 15 is 0 Å². The Balaban J connectivity index is 1.63. The molecule has 6 nitrogen and oxygen atoms in total. The van der Waals surface area contributed by atoms with Crippen LogP contribution in [0.5, 0.6) is 0 Å². The molecule has 0 aromatic heterocycles. The quantitative estimate of drug-likeness (QED) is 0.785. The van der Waals surface area contributed by atoms with Crippen molar-refractivity contribution in [3.8, 4) is 0 Å². The zero-order chi connectivity index (χ0) is 14.7. The molecule has 1 unspecified atom stereocenters. The van der Waals surface area contributed by atoms with Crippen LogP contribution in [0.2, 0.25) is 0 Å². The van der Waals surface area contributed by atoms with Gasteiger partial charge in [-0.25, -0.2) is 4.79 Å². The van der Waals surface area contributed by atoms with Gasteiger partial charge in [-0.15, -0.1) is 11.8 Å². The van der Waals surface area contributed by atoms with Crippen molar-refractivity contribution in [1.29, 1.82) is 0 Å². The lowest BCUT2D eigenvalue weighted by atomic mass is 10.2. The predicted octanol–water partition coefficient (Wildman–Crippen LogP) is 1.21. The van der Waals surface area contributed by atoms with E-state index in [4.69, 9.17) is 0 Å². The summed E-state index contributed by atoms with van der Waals surface area (Å²) in [6.07, 6.45) is 0.940. The van der Waals surface area contributed by atoms with Crippen molar-refractivity contribution in [2.75, 3.05) is 34.9 Å². The molecule has 2 heterocycles. The molecule has 1 atom stereocenters. The van der Waals surface area contributed by atoms with E-state index in [9.17, 15) is 9.59 Å². The summed E-state index contributed by atoms with van der Waals surface area (Å²) in [6.45, 7) is 1.45. The average molecular weight is 306 g/mol. The Morgan fingerprint density at radius 2 is 2.14 bits per heavy atom. The van der Waals surface area contributed by atoms with Crippen molar-refractivity contribution >= 4 is 35.1 Å². The molecule has 21 heavy (non-hydrogen) atoms. The molecule has 0 saturated carbocycles. The van der Waals surface area contributed by atoms with Gasteiger partial charge in [-0.1, -0.05) is 0 Å². The van der Waals surface area contributed by atoms with Crippen molar-refractivity contribution in [3.05, 3.63) is 24.3 Å². The standard InChI is InChI=1S/C14H18N4O2S/c19-13(12-8-21-9-16-12)17-10-2-4-11(5-3-10)18-7-1-6-15-14(18)20/h2-5,12,16H,1,6-9H2,(H,15,20)(H,17,19). The molecular weight excluding hydrogens is 288 g/mol. The molecule has 0 spiro atoms. The Labute approximate surface area is 127 Å². The second kappa shape index (κ2) is 6.36. The lowest BCUT2D eigenvalue weighted by Gasteiger charge is -2.27. The Hall–Kier alpha value is -1.73. The first-order valence-electron chi connectivity index (χ1n) is 7.01. The van der Waals surface area contributed by atoms with Gasteiger partial charge in [-0.2, -0.15) is 0 Å². The third kappa shape index (κ3) is 3.30. The van der Waals surface area contributed by atoms with Crippen LogP contribution >= 0.6 is 11.8 Å². The minimum Gasteiger partial charge on any atom is -0.338 e.